The van der Waals surface area contributed by atoms with E-state index in [0.29, 0.717) is 36.6 Å². The first-order valence-electron chi connectivity index (χ1n) is 10.4. The van der Waals surface area contributed by atoms with Gasteiger partial charge < -0.3 is 14.5 Å². The van der Waals surface area contributed by atoms with Crippen LogP contribution in [0.2, 0.25) is 0 Å². The fraction of sp³-hybridized carbons (Fsp3) is 0.348. The number of nitrogens with one attached hydrogen (secondary N) is 1. The van der Waals surface area contributed by atoms with E-state index in [2.05, 4.69) is 16.0 Å². The molecule has 1 saturated heterocycles. The molecule has 0 saturated carbocycles. The normalized spacial score (nSPS) is 19.9. The Kier molecular flexibility index (Phi) is 4.47. The number of rotatable bonds is 2. The molecule has 1 atom stereocenters. The van der Waals surface area contributed by atoms with Gasteiger partial charge in [0.05, 0.1) is 11.3 Å². The summed E-state index contributed by atoms with van der Waals surface area (Å²) < 4.78 is 1.70. The number of fused-ring (bicyclic) bond motifs is 2. The van der Waals surface area contributed by atoms with Crippen molar-refractivity contribution in [3.8, 4) is 17.5 Å². The second-order valence-corrected chi connectivity index (χ2v) is 8.43. The molecule has 5 rings (SSSR count). The summed E-state index contributed by atoms with van der Waals surface area (Å²) in [6, 6.07) is 7.41. The van der Waals surface area contributed by atoms with Gasteiger partial charge in [0.1, 0.15) is 17.6 Å². The number of aromatic nitrogens is 4. The van der Waals surface area contributed by atoms with Crippen LogP contribution in [0.5, 0.6) is 0 Å². The molecular formula is C23H22N6O2. The first-order chi connectivity index (χ1) is 15.0. The highest BCUT2D eigenvalue weighted by Gasteiger charge is 2.46. The Morgan fingerprint density at radius 3 is 2.97 bits per heavy atom. The van der Waals surface area contributed by atoms with Crippen molar-refractivity contribution in [2.24, 2.45) is 7.05 Å². The van der Waals surface area contributed by atoms with E-state index in [1.54, 1.807) is 36.3 Å². The predicted octanol–water partition coefficient (Wildman–Crippen LogP) is 2.16. The van der Waals surface area contributed by atoms with E-state index < -0.39 is 0 Å². The summed E-state index contributed by atoms with van der Waals surface area (Å²) in [6.45, 7) is 1.18. The summed E-state index contributed by atoms with van der Waals surface area (Å²) in [5.74, 6) is 0.427. The predicted molar refractivity (Wildman–Crippen MR) is 113 cm³/mol. The third kappa shape index (κ3) is 3.13. The molecule has 3 aromatic rings. The van der Waals surface area contributed by atoms with Crippen molar-refractivity contribution in [2.45, 2.75) is 31.1 Å². The second kappa shape index (κ2) is 7.20. The summed E-state index contributed by atoms with van der Waals surface area (Å²) in [5, 5.41) is 9.16. The van der Waals surface area contributed by atoms with E-state index >= 15 is 0 Å². The molecule has 8 heteroatoms. The molecule has 8 nitrogen and oxygen atoms in total. The van der Waals surface area contributed by atoms with Crippen molar-refractivity contribution < 1.29 is 4.79 Å². The highest BCUT2D eigenvalue weighted by molar-refractivity contribution is 5.93. The Labute approximate surface area is 179 Å². The average molecular weight is 414 g/mol. The zero-order valence-corrected chi connectivity index (χ0v) is 17.3. The van der Waals surface area contributed by atoms with Crippen molar-refractivity contribution in [3.05, 3.63) is 69.7 Å². The summed E-state index contributed by atoms with van der Waals surface area (Å²) in [6.07, 6.45) is 8.23. The standard InChI is InChI=1S/C23H22N6O2/c1-28-13-15(11-24)10-18(28)22(31)29-9-3-6-23(14-29)7-5-17-19(23)26-20(27-21(17)30)16-4-2-8-25-12-16/h2,4,8,10,12-13H,3,5-7,9,14H2,1H3,(H,26,27,30). The summed E-state index contributed by atoms with van der Waals surface area (Å²) in [4.78, 5) is 39.8. The number of aryl methyl sites for hydroxylation is 1. The van der Waals surface area contributed by atoms with Gasteiger partial charge in [-0.05, 0) is 43.9 Å². The van der Waals surface area contributed by atoms with Crippen LogP contribution in [0.15, 0.2) is 41.6 Å². The third-order valence-corrected chi connectivity index (χ3v) is 6.52. The molecule has 2 aliphatic rings. The lowest BCUT2D eigenvalue weighted by Gasteiger charge is -2.40. The van der Waals surface area contributed by atoms with Crippen molar-refractivity contribution in [1.82, 2.24) is 24.4 Å². The van der Waals surface area contributed by atoms with E-state index in [9.17, 15) is 9.59 Å². The maximum absolute atomic E-state index is 13.3. The van der Waals surface area contributed by atoms with Crippen molar-refractivity contribution in [1.29, 1.82) is 5.26 Å². The highest BCUT2D eigenvalue weighted by Crippen LogP contribution is 2.43. The van der Waals surface area contributed by atoms with Gasteiger partial charge >= 0.3 is 0 Å². The summed E-state index contributed by atoms with van der Waals surface area (Å²) in [7, 11) is 1.78. The zero-order chi connectivity index (χ0) is 21.6. The topological polar surface area (TPSA) is 108 Å². The quantitative estimate of drug-likeness (QED) is 0.691. The van der Waals surface area contributed by atoms with Crippen LogP contribution in [0, 0.1) is 11.3 Å². The fourth-order valence-corrected chi connectivity index (χ4v) is 4.99. The lowest BCUT2D eigenvalue weighted by atomic mass is 9.77. The number of carbonyl (C=O) groups excluding carboxylic acids is 1. The van der Waals surface area contributed by atoms with Crippen LogP contribution in [0.4, 0.5) is 0 Å². The van der Waals surface area contributed by atoms with Crippen LogP contribution in [0.25, 0.3) is 11.4 Å². The minimum absolute atomic E-state index is 0.0890. The second-order valence-electron chi connectivity index (χ2n) is 8.43. The van der Waals surface area contributed by atoms with E-state index in [-0.39, 0.29) is 16.9 Å². The van der Waals surface area contributed by atoms with Crippen molar-refractivity contribution in [2.75, 3.05) is 13.1 Å². The van der Waals surface area contributed by atoms with Crippen molar-refractivity contribution in [3.63, 3.8) is 0 Å². The molecule has 3 aromatic heterocycles. The maximum atomic E-state index is 13.3. The Hall–Kier alpha value is -3.73. The number of likely N-dealkylation sites (tertiary alicyclic amines) is 1. The Balaban J connectivity index is 1.51. The lowest BCUT2D eigenvalue weighted by molar-refractivity contribution is 0.0624. The third-order valence-electron chi connectivity index (χ3n) is 6.52. The monoisotopic (exact) mass is 414 g/mol. The molecule has 1 amide bonds. The number of H-pyrrole nitrogens is 1. The molecule has 0 radical (unpaired) electrons. The number of nitrogens with zero attached hydrogens (tertiary/aromatic N) is 5. The number of amides is 1. The summed E-state index contributed by atoms with van der Waals surface area (Å²) in [5.41, 5.74) is 2.86. The number of hydrogen-bond acceptors (Lipinski definition) is 5. The van der Waals surface area contributed by atoms with Gasteiger partial charge in [-0.25, -0.2) is 4.98 Å². The molecule has 1 fully saturated rings. The molecular weight excluding hydrogens is 392 g/mol. The van der Waals surface area contributed by atoms with Crippen LogP contribution >= 0.6 is 0 Å². The minimum atomic E-state index is -0.322. The number of carbonyl (C=O) groups is 1. The Morgan fingerprint density at radius 2 is 2.23 bits per heavy atom. The number of aromatic amines is 1. The molecule has 1 spiro atoms. The van der Waals surface area contributed by atoms with Gasteiger partial charge in [0.2, 0.25) is 0 Å². The van der Waals surface area contributed by atoms with E-state index in [1.165, 1.54) is 0 Å². The van der Waals surface area contributed by atoms with Gasteiger partial charge in [0, 0.05) is 55.3 Å². The SMILES string of the molecule is Cn1cc(C#N)cc1C(=O)N1CCCC2(CCc3c2nc(-c2cccnc2)[nH]c3=O)C1. The fourth-order valence-electron chi connectivity index (χ4n) is 4.99. The van der Waals surface area contributed by atoms with Gasteiger partial charge in [-0.3, -0.25) is 14.6 Å². The first kappa shape index (κ1) is 19.2. The van der Waals surface area contributed by atoms with Gasteiger partial charge in [-0.15, -0.1) is 0 Å². The highest BCUT2D eigenvalue weighted by atomic mass is 16.2. The van der Waals surface area contributed by atoms with Crippen LogP contribution in [0.3, 0.4) is 0 Å². The van der Waals surface area contributed by atoms with Crippen LogP contribution in [-0.4, -0.2) is 43.4 Å². The molecule has 1 N–H and O–H groups in total. The van der Waals surface area contributed by atoms with Crippen molar-refractivity contribution >= 4 is 5.91 Å². The largest absolute Gasteiger partial charge is 0.345 e. The number of hydrogen-bond donors (Lipinski definition) is 1. The summed E-state index contributed by atoms with van der Waals surface area (Å²) >= 11 is 0. The van der Waals surface area contributed by atoms with E-state index in [4.69, 9.17) is 10.2 Å². The van der Waals surface area contributed by atoms with Crippen LogP contribution < -0.4 is 5.56 Å². The molecule has 4 heterocycles. The Bertz CT molecular complexity index is 1270. The molecule has 1 unspecified atom stereocenters. The first-order valence-corrected chi connectivity index (χ1v) is 10.4. The maximum Gasteiger partial charge on any atom is 0.270 e. The molecule has 31 heavy (non-hydrogen) atoms. The van der Waals surface area contributed by atoms with Crippen LogP contribution in [0.1, 0.15) is 46.6 Å². The van der Waals surface area contributed by atoms with Crippen LogP contribution in [-0.2, 0) is 18.9 Å². The molecule has 0 bridgehead atoms. The molecule has 1 aliphatic carbocycles. The Morgan fingerprint density at radius 1 is 1.35 bits per heavy atom. The zero-order valence-electron chi connectivity index (χ0n) is 17.3. The smallest absolute Gasteiger partial charge is 0.270 e. The van der Waals surface area contributed by atoms with Gasteiger partial charge in [0.15, 0.2) is 0 Å². The average Bonchev–Trinajstić information content (AvgIpc) is 3.35. The molecule has 156 valence electrons. The number of nitriles is 1. The molecule has 1 aliphatic heterocycles. The van der Waals surface area contributed by atoms with Gasteiger partial charge in [-0.1, -0.05) is 0 Å². The van der Waals surface area contributed by atoms with E-state index in [0.717, 1.165) is 36.1 Å². The van der Waals surface area contributed by atoms with Gasteiger partial charge in [0.25, 0.3) is 11.5 Å². The minimum Gasteiger partial charge on any atom is -0.345 e. The lowest BCUT2D eigenvalue weighted by Crippen LogP contribution is -2.48. The number of piperidine rings is 1. The molecule has 0 aromatic carbocycles. The van der Waals surface area contributed by atoms with Gasteiger partial charge in [-0.2, -0.15) is 5.26 Å². The van der Waals surface area contributed by atoms with E-state index in [1.807, 2.05) is 17.0 Å². The number of pyridine rings is 1.